The Morgan fingerprint density at radius 2 is 2.04 bits per heavy atom. The molecule has 5 nitrogen and oxygen atoms in total. The summed E-state index contributed by atoms with van der Waals surface area (Å²) in [5.74, 6) is 0.353. The Bertz CT molecular complexity index is 870. The van der Waals surface area contributed by atoms with Crippen molar-refractivity contribution in [2.75, 3.05) is 20.2 Å². The number of hydrogen-bond acceptors (Lipinski definition) is 3. The van der Waals surface area contributed by atoms with Gasteiger partial charge in [0.2, 0.25) is 0 Å². The van der Waals surface area contributed by atoms with Crippen LogP contribution in [0.1, 0.15) is 11.1 Å². The van der Waals surface area contributed by atoms with Crippen molar-refractivity contribution in [3.05, 3.63) is 63.8 Å². The molecule has 0 aliphatic heterocycles. The predicted molar refractivity (Wildman–Crippen MR) is 87.5 cm³/mol. The highest BCUT2D eigenvalue weighted by molar-refractivity contribution is 5.82. The Morgan fingerprint density at radius 3 is 2.83 bits per heavy atom. The van der Waals surface area contributed by atoms with Crippen LogP contribution >= 0.6 is 0 Å². The third-order valence-corrected chi connectivity index (χ3v) is 3.56. The molecule has 0 spiro atoms. The van der Waals surface area contributed by atoms with E-state index in [1.165, 1.54) is 12.1 Å². The van der Waals surface area contributed by atoms with Gasteiger partial charge in [-0.05, 0) is 48.9 Å². The summed E-state index contributed by atoms with van der Waals surface area (Å²) in [6.45, 7) is 1.19. The van der Waals surface area contributed by atoms with Gasteiger partial charge in [0.1, 0.15) is 23.7 Å². The van der Waals surface area contributed by atoms with Crippen LogP contribution in [0.25, 0.3) is 11.0 Å². The smallest absolute Gasteiger partial charge is 0.323 e. The van der Waals surface area contributed by atoms with E-state index in [-0.39, 0.29) is 11.5 Å². The van der Waals surface area contributed by atoms with Crippen molar-refractivity contribution in [3.8, 4) is 5.75 Å². The number of imidazole rings is 1. The summed E-state index contributed by atoms with van der Waals surface area (Å²) in [5, 5.41) is 3.01. The molecule has 0 radical (unpaired) electrons. The maximum atomic E-state index is 13.3. The number of rotatable bonds is 6. The van der Waals surface area contributed by atoms with E-state index in [0.717, 1.165) is 11.1 Å². The first-order chi connectivity index (χ1) is 11.2. The van der Waals surface area contributed by atoms with Crippen molar-refractivity contribution in [2.45, 2.75) is 6.42 Å². The van der Waals surface area contributed by atoms with Gasteiger partial charge in [-0.3, -0.25) is 0 Å². The van der Waals surface area contributed by atoms with Crippen LogP contribution in [-0.2, 0) is 6.42 Å². The lowest BCUT2D eigenvalue weighted by Crippen LogP contribution is -2.16. The van der Waals surface area contributed by atoms with E-state index in [9.17, 15) is 9.18 Å². The Hall–Kier alpha value is -2.60. The molecule has 0 atom stereocenters. The summed E-state index contributed by atoms with van der Waals surface area (Å²) in [7, 11) is 1.84. The summed E-state index contributed by atoms with van der Waals surface area (Å²) >= 11 is 0. The molecule has 3 aromatic rings. The van der Waals surface area contributed by atoms with E-state index >= 15 is 0 Å². The van der Waals surface area contributed by atoms with Crippen LogP contribution in [0.15, 0.2) is 41.2 Å². The van der Waals surface area contributed by atoms with Gasteiger partial charge in [0.15, 0.2) is 0 Å². The topological polar surface area (TPSA) is 69.9 Å². The van der Waals surface area contributed by atoms with E-state index in [0.29, 0.717) is 36.4 Å². The lowest BCUT2D eigenvalue weighted by atomic mass is 10.0. The summed E-state index contributed by atoms with van der Waals surface area (Å²) in [6.07, 6.45) is 0.559. The van der Waals surface area contributed by atoms with Crippen molar-refractivity contribution in [3.63, 3.8) is 0 Å². The number of likely N-dealkylation sites (N-methyl/N-ethyl adjacent to an activating group) is 1. The quantitative estimate of drug-likeness (QED) is 0.611. The van der Waals surface area contributed by atoms with Crippen LogP contribution < -0.4 is 15.7 Å². The number of benzene rings is 2. The zero-order valence-corrected chi connectivity index (χ0v) is 12.8. The molecule has 3 rings (SSSR count). The fourth-order valence-corrected chi connectivity index (χ4v) is 2.53. The van der Waals surface area contributed by atoms with E-state index < -0.39 is 0 Å². The monoisotopic (exact) mass is 315 g/mol. The zero-order valence-electron chi connectivity index (χ0n) is 12.8. The Morgan fingerprint density at radius 1 is 1.17 bits per heavy atom. The summed E-state index contributed by atoms with van der Waals surface area (Å²) < 4.78 is 19.1. The second kappa shape index (κ2) is 6.66. The number of ether oxygens (including phenoxy) is 1. The number of nitrogens with one attached hydrogen (secondary N) is 3. The minimum Gasteiger partial charge on any atom is -0.490 e. The van der Waals surface area contributed by atoms with Crippen molar-refractivity contribution in [1.29, 1.82) is 0 Å². The second-order valence-corrected chi connectivity index (χ2v) is 5.35. The summed E-state index contributed by atoms with van der Waals surface area (Å²) in [5.41, 5.74) is 2.86. The van der Waals surface area contributed by atoms with Gasteiger partial charge in [0, 0.05) is 6.54 Å². The number of halogens is 1. The van der Waals surface area contributed by atoms with Crippen molar-refractivity contribution >= 4 is 11.0 Å². The van der Waals surface area contributed by atoms with Gasteiger partial charge in [-0.15, -0.1) is 0 Å². The van der Waals surface area contributed by atoms with E-state index in [1.54, 1.807) is 6.07 Å². The molecule has 120 valence electrons. The van der Waals surface area contributed by atoms with Crippen LogP contribution in [0, 0.1) is 5.82 Å². The molecule has 0 saturated carbocycles. The van der Waals surface area contributed by atoms with Crippen molar-refractivity contribution < 1.29 is 9.13 Å². The third kappa shape index (κ3) is 3.60. The summed E-state index contributed by atoms with van der Waals surface area (Å²) in [6, 6.07) is 10.2. The molecule has 0 fully saturated rings. The molecule has 23 heavy (non-hydrogen) atoms. The van der Waals surface area contributed by atoms with Crippen LogP contribution in [-0.4, -0.2) is 30.2 Å². The molecule has 0 aliphatic rings. The second-order valence-electron chi connectivity index (χ2n) is 5.35. The zero-order chi connectivity index (χ0) is 16.2. The van der Waals surface area contributed by atoms with Gasteiger partial charge in [-0.25, -0.2) is 9.18 Å². The molecule has 0 amide bonds. The van der Waals surface area contributed by atoms with Gasteiger partial charge in [-0.1, -0.05) is 12.1 Å². The molecule has 0 aliphatic carbocycles. The number of fused-ring (bicyclic) bond motifs is 1. The van der Waals surface area contributed by atoms with E-state index in [2.05, 4.69) is 15.3 Å². The van der Waals surface area contributed by atoms with Crippen LogP contribution in [0.4, 0.5) is 4.39 Å². The Kier molecular flexibility index (Phi) is 4.43. The number of aromatic amines is 2. The normalized spacial score (nSPS) is 11.0. The fourth-order valence-electron chi connectivity index (χ4n) is 2.53. The van der Waals surface area contributed by atoms with Gasteiger partial charge in [0.05, 0.1) is 5.52 Å². The van der Waals surface area contributed by atoms with Gasteiger partial charge < -0.3 is 20.0 Å². The highest BCUT2D eigenvalue weighted by Crippen LogP contribution is 2.25. The van der Waals surface area contributed by atoms with Crippen LogP contribution in [0.3, 0.4) is 0 Å². The minimum absolute atomic E-state index is 0.260. The highest BCUT2D eigenvalue weighted by Gasteiger charge is 2.09. The average molecular weight is 315 g/mol. The van der Waals surface area contributed by atoms with Crippen LogP contribution in [0.2, 0.25) is 0 Å². The maximum absolute atomic E-state index is 13.3. The molecule has 0 saturated heterocycles. The molecule has 1 aromatic heterocycles. The summed E-state index contributed by atoms with van der Waals surface area (Å²) in [4.78, 5) is 17.0. The molecular weight excluding hydrogens is 297 g/mol. The van der Waals surface area contributed by atoms with E-state index in [4.69, 9.17) is 4.74 Å². The standard InChI is InChI=1S/C17H18FN3O2/c1-19-5-6-23-15-10-12(7-11-3-2-4-13(18)8-11)9-14-16(15)21-17(22)20-14/h2-4,8-10,19H,5-7H2,1H3,(H2,20,21,22). The first-order valence-corrected chi connectivity index (χ1v) is 7.42. The SMILES string of the molecule is CNCCOc1cc(Cc2cccc(F)c2)cc2[nH]c(=O)[nH]c12. The number of aromatic nitrogens is 2. The fraction of sp³-hybridized carbons (Fsp3) is 0.235. The lowest BCUT2D eigenvalue weighted by Gasteiger charge is -2.10. The molecule has 0 unspecified atom stereocenters. The third-order valence-electron chi connectivity index (χ3n) is 3.56. The first-order valence-electron chi connectivity index (χ1n) is 7.42. The molecule has 2 aromatic carbocycles. The lowest BCUT2D eigenvalue weighted by molar-refractivity contribution is 0.321. The van der Waals surface area contributed by atoms with Crippen molar-refractivity contribution in [1.82, 2.24) is 15.3 Å². The van der Waals surface area contributed by atoms with Gasteiger partial charge in [-0.2, -0.15) is 0 Å². The van der Waals surface area contributed by atoms with E-state index in [1.807, 2.05) is 25.2 Å². The van der Waals surface area contributed by atoms with Gasteiger partial charge in [0.25, 0.3) is 0 Å². The molecule has 1 heterocycles. The molecule has 6 heteroatoms. The minimum atomic E-state index is -0.277. The van der Waals surface area contributed by atoms with Crippen LogP contribution in [0.5, 0.6) is 5.75 Å². The Labute approximate surface area is 132 Å². The number of hydrogen-bond donors (Lipinski definition) is 3. The largest absolute Gasteiger partial charge is 0.490 e. The number of H-pyrrole nitrogens is 2. The molecule has 0 bridgehead atoms. The highest BCUT2D eigenvalue weighted by atomic mass is 19.1. The van der Waals surface area contributed by atoms with Gasteiger partial charge >= 0.3 is 5.69 Å². The average Bonchev–Trinajstić information content (AvgIpc) is 2.88. The molecular formula is C17H18FN3O2. The maximum Gasteiger partial charge on any atom is 0.323 e. The first kappa shape index (κ1) is 15.3. The molecule has 3 N–H and O–H groups in total. The predicted octanol–water partition coefficient (Wildman–Crippen LogP) is 2.18. The van der Waals surface area contributed by atoms with Crippen molar-refractivity contribution in [2.24, 2.45) is 0 Å². The Balaban J connectivity index is 1.95.